The van der Waals surface area contributed by atoms with Gasteiger partial charge in [-0.2, -0.15) is 0 Å². The standard InChI is InChI=1S/C15H24O9/c1-5-6-7-20-24-13-12(8-19-9(2)16)23-15(22-11(4)18)14(13)21-10(3)17/h12-15H,5-8H2,1-4H3/t12-,13+,14-,15?/m1/s1. The minimum Gasteiger partial charge on any atom is -0.463 e. The fraction of sp³-hybridized carbons (Fsp3) is 0.800. The number of rotatable bonds is 9. The molecule has 1 rings (SSSR count). The molecule has 0 aromatic heterocycles. The number of carbonyl (C=O) groups excluding carboxylic acids is 3. The fourth-order valence-corrected chi connectivity index (χ4v) is 2.05. The first kappa shape index (κ1) is 20.3. The molecule has 0 amide bonds. The fourth-order valence-electron chi connectivity index (χ4n) is 2.05. The van der Waals surface area contributed by atoms with Gasteiger partial charge < -0.3 is 18.9 Å². The van der Waals surface area contributed by atoms with Crippen molar-refractivity contribution in [1.29, 1.82) is 0 Å². The zero-order valence-electron chi connectivity index (χ0n) is 14.3. The van der Waals surface area contributed by atoms with E-state index in [0.29, 0.717) is 6.61 Å². The van der Waals surface area contributed by atoms with Crippen molar-refractivity contribution < 1.29 is 43.1 Å². The second-order valence-electron chi connectivity index (χ2n) is 5.27. The highest BCUT2D eigenvalue weighted by Crippen LogP contribution is 2.28. The Morgan fingerprint density at radius 3 is 2.17 bits per heavy atom. The molecule has 0 aliphatic carbocycles. The number of esters is 3. The Morgan fingerprint density at radius 1 is 0.958 bits per heavy atom. The van der Waals surface area contributed by atoms with Crippen molar-refractivity contribution in [2.24, 2.45) is 0 Å². The molecule has 1 aliphatic heterocycles. The van der Waals surface area contributed by atoms with Gasteiger partial charge in [-0.3, -0.25) is 14.4 Å². The molecule has 138 valence electrons. The summed E-state index contributed by atoms with van der Waals surface area (Å²) in [5.41, 5.74) is 0. The maximum absolute atomic E-state index is 11.3. The van der Waals surface area contributed by atoms with E-state index in [1.165, 1.54) is 20.8 Å². The van der Waals surface area contributed by atoms with Crippen LogP contribution in [0.1, 0.15) is 40.5 Å². The zero-order valence-corrected chi connectivity index (χ0v) is 14.3. The average molecular weight is 348 g/mol. The Bertz CT molecular complexity index is 437. The van der Waals surface area contributed by atoms with Gasteiger partial charge in [-0.25, -0.2) is 9.78 Å². The smallest absolute Gasteiger partial charge is 0.305 e. The van der Waals surface area contributed by atoms with Gasteiger partial charge >= 0.3 is 17.9 Å². The number of hydrogen-bond acceptors (Lipinski definition) is 9. The third-order valence-electron chi connectivity index (χ3n) is 3.06. The molecule has 0 aromatic carbocycles. The highest BCUT2D eigenvalue weighted by Gasteiger charge is 2.51. The summed E-state index contributed by atoms with van der Waals surface area (Å²) in [6.45, 7) is 5.81. The van der Waals surface area contributed by atoms with E-state index in [4.69, 9.17) is 28.7 Å². The summed E-state index contributed by atoms with van der Waals surface area (Å²) in [5, 5.41) is 0. The number of unbranched alkanes of at least 4 members (excludes halogenated alkanes) is 1. The van der Waals surface area contributed by atoms with E-state index < -0.39 is 42.5 Å². The van der Waals surface area contributed by atoms with Crippen molar-refractivity contribution in [2.45, 2.75) is 65.1 Å². The molecular formula is C15H24O9. The molecule has 1 heterocycles. The predicted octanol–water partition coefficient (Wildman–Crippen LogP) is 0.886. The van der Waals surface area contributed by atoms with E-state index in [-0.39, 0.29) is 6.61 Å². The highest BCUT2D eigenvalue weighted by molar-refractivity contribution is 5.67. The SMILES string of the molecule is CCCCOO[C@H]1[C@@H](COC(C)=O)OC(OC(C)=O)[C@@H]1OC(C)=O. The van der Waals surface area contributed by atoms with Gasteiger partial charge in [0.1, 0.15) is 12.7 Å². The molecule has 0 saturated carbocycles. The summed E-state index contributed by atoms with van der Waals surface area (Å²) in [4.78, 5) is 43.9. The van der Waals surface area contributed by atoms with Gasteiger partial charge in [-0.05, 0) is 6.42 Å². The second-order valence-corrected chi connectivity index (χ2v) is 5.27. The van der Waals surface area contributed by atoms with Crippen molar-refractivity contribution >= 4 is 17.9 Å². The van der Waals surface area contributed by atoms with Crippen LogP contribution in [0, 0.1) is 0 Å². The summed E-state index contributed by atoms with van der Waals surface area (Å²) < 4.78 is 20.6. The topological polar surface area (TPSA) is 107 Å². The van der Waals surface area contributed by atoms with E-state index in [9.17, 15) is 14.4 Å². The molecule has 1 unspecified atom stereocenters. The molecule has 0 bridgehead atoms. The summed E-state index contributed by atoms with van der Waals surface area (Å²) in [6.07, 6.45) is -2.25. The Morgan fingerprint density at radius 2 is 1.62 bits per heavy atom. The van der Waals surface area contributed by atoms with Crippen molar-refractivity contribution in [3.63, 3.8) is 0 Å². The molecule has 0 N–H and O–H groups in total. The van der Waals surface area contributed by atoms with E-state index >= 15 is 0 Å². The van der Waals surface area contributed by atoms with Gasteiger partial charge in [0, 0.05) is 20.8 Å². The highest BCUT2D eigenvalue weighted by atomic mass is 17.2. The Balaban J connectivity index is 2.82. The summed E-state index contributed by atoms with van der Waals surface area (Å²) in [6, 6.07) is 0. The minimum atomic E-state index is -1.17. The monoisotopic (exact) mass is 348 g/mol. The first-order valence-electron chi connectivity index (χ1n) is 7.76. The first-order chi connectivity index (χ1) is 11.3. The maximum Gasteiger partial charge on any atom is 0.305 e. The van der Waals surface area contributed by atoms with Gasteiger partial charge in [0.15, 0.2) is 12.2 Å². The van der Waals surface area contributed by atoms with Crippen LogP contribution in [0.5, 0.6) is 0 Å². The lowest BCUT2D eigenvalue weighted by Gasteiger charge is -2.22. The lowest BCUT2D eigenvalue weighted by molar-refractivity contribution is -0.341. The van der Waals surface area contributed by atoms with Crippen LogP contribution in [0.25, 0.3) is 0 Å². The first-order valence-corrected chi connectivity index (χ1v) is 7.76. The van der Waals surface area contributed by atoms with Gasteiger partial charge in [0.05, 0.1) is 6.61 Å². The van der Waals surface area contributed by atoms with Crippen molar-refractivity contribution in [3.8, 4) is 0 Å². The number of hydrogen-bond donors (Lipinski definition) is 0. The zero-order chi connectivity index (χ0) is 18.1. The Hall–Kier alpha value is -1.71. The van der Waals surface area contributed by atoms with Crippen LogP contribution in [0.2, 0.25) is 0 Å². The molecule has 0 radical (unpaired) electrons. The van der Waals surface area contributed by atoms with E-state index in [1.807, 2.05) is 6.92 Å². The normalized spacial score (nSPS) is 26.0. The Labute approximate surface area is 140 Å². The molecule has 9 heteroatoms. The largest absolute Gasteiger partial charge is 0.463 e. The van der Waals surface area contributed by atoms with Gasteiger partial charge in [0.2, 0.25) is 6.29 Å². The van der Waals surface area contributed by atoms with Crippen molar-refractivity contribution in [1.82, 2.24) is 0 Å². The van der Waals surface area contributed by atoms with Crippen molar-refractivity contribution in [3.05, 3.63) is 0 Å². The lowest BCUT2D eigenvalue weighted by Crippen LogP contribution is -2.41. The maximum atomic E-state index is 11.3. The molecule has 0 spiro atoms. The third-order valence-corrected chi connectivity index (χ3v) is 3.06. The van der Waals surface area contributed by atoms with Crippen LogP contribution in [-0.2, 0) is 43.1 Å². The molecule has 24 heavy (non-hydrogen) atoms. The predicted molar refractivity (Wildman–Crippen MR) is 78.3 cm³/mol. The minimum absolute atomic E-state index is 0.160. The second kappa shape index (κ2) is 10.2. The Kier molecular flexibility index (Phi) is 8.66. The number of carbonyl (C=O) groups is 3. The van der Waals surface area contributed by atoms with Crippen LogP contribution >= 0.6 is 0 Å². The van der Waals surface area contributed by atoms with Crippen LogP contribution < -0.4 is 0 Å². The molecule has 1 fully saturated rings. The van der Waals surface area contributed by atoms with Crippen LogP contribution in [0.4, 0.5) is 0 Å². The van der Waals surface area contributed by atoms with Crippen LogP contribution in [0.3, 0.4) is 0 Å². The quantitative estimate of drug-likeness (QED) is 0.197. The average Bonchev–Trinajstić information content (AvgIpc) is 2.77. The van der Waals surface area contributed by atoms with E-state index in [0.717, 1.165) is 12.8 Å². The molecule has 9 nitrogen and oxygen atoms in total. The summed E-state index contributed by atoms with van der Waals surface area (Å²) >= 11 is 0. The molecular weight excluding hydrogens is 324 g/mol. The molecule has 1 aliphatic rings. The van der Waals surface area contributed by atoms with Gasteiger partial charge in [0.25, 0.3) is 0 Å². The van der Waals surface area contributed by atoms with Gasteiger partial charge in [-0.15, -0.1) is 0 Å². The molecule has 0 aromatic rings. The number of ether oxygens (including phenoxy) is 4. The van der Waals surface area contributed by atoms with Crippen LogP contribution in [0.15, 0.2) is 0 Å². The molecule has 1 saturated heterocycles. The summed E-state index contributed by atoms with van der Waals surface area (Å²) in [7, 11) is 0. The molecule has 4 atom stereocenters. The third kappa shape index (κ3) is 6.81. The van der Waals surface area contributed by atoms with Gasteiger partial charge in [-0.1, -0.05) is 13.3 Å². The van der Waals surface area contributed by atoms with Crippen LogP contribution in [-0.4, -0.2) is 55.7 Å². The van der Waals surface area contributed by atoms with E-state index in [1.54, 1.807) is 0 Å². The van der Waals surface area contributed by atoms with Crippen molar-refractivity contribution in [2.75, 3.05) is 13.2 Å². The summed E-state index contributed by atoms with van der Waals surface area (Å²) in [5.74, 6) is -1.73. The van der Waals surface area contributed by atoms with E-state index in [2.05, 4.69) is 0 Å². The lowest BCUT2D eigenvalue weighted by atomic mass is 10.1.